The lowest BCUT2D eigenvalue weighted by molar-refractivity contribution is 0.0134. The average molecular weight is 358 g/mol. The molecule has 4 heterocycles. The van der Waals surface area contributed by atoms with E-state index in [0.29, 0.717) is 19.8 Å². The fraction of sp³-hybridized carbons (Fsp3) is 0.250. The van der Waals surface area contributed by atoms with Crippen LogP contribution >= 0.6 is 15.9 Å². The maximum atomic E-state index is 5.93. The highest BCUT2D eigenvalue weighted by molar-refractivity contribution is 9.10. The molecule has 1 spiro atoms. The van der Waals surface area contributed by atoms with Crippen molar-refractivity contribution in [2.45, 2.75) is 12.1 Å². The highest BCUT2D eigenvalue weighted by Crippen LogP contribution is 2.44. The first-order valence-corrected chi connectivity index (χ1v) is 7.92. The second kappa shape index (κ2) is 4.30. The van der Waals surface area contributed by atoms with Crippen LogP contribution < -0.4 is 4.74 Å². The van der Waals surface area contributed by atoms with Crippen LogP contribution in [0.3, 0.4) is 0 Å². The van der Waals surface area contributed by atoms with E-state index in [1.807, 2.05) is 30.3 Å². The Labute approximate surface area is 135 Å². The Kier molecular flexibility index (Phi) is 2.46. The van der Waals surface area contributed by atoms with Crippen molar-refractivity contribution in [3.63, 3.8) is 0 Å². The van der Waals surface area contributed by atoms with Crippen LogP contribution in [-0.4, -0.2) is 27.7 Å². The van der Waals surface area contributed by atoms with Crippen molar-refractivity contribution in [3.05, 3.63) is 52.4 Å². The van der Waals surface area contributed by atoms with Crippen LogP contribution in [0.2, 0.25) is 0 Å². The molecule has 0 bridgehead atoms. The Morgan fingerprint density at radius 1 is 1.09 bits per heavy atom. The number of imidazole rings is 1. The van der Waals surface area contributed by atoms with Gasteiger partial charge in [0.05, 0.1) is 6.61 Å². The van der Waals surface area contributed by atoms with Crippen LogP contribution in [0.5, 0.6) is 5.75 Å². The number of fused-ring (bicyclic) bond motifs is 6. The van der Waals surface area contributed by atoms with Crippen molar-refractivity contribution in [2.75, 3.05) is 13.2 Å². The van der Waals surface area contributed by atoms with E-state index < -0.39 is 0 Å². The summed E-state index contributed by atoms with van der Waals surface area (Å²) in [5.41, 5.74) is 2.50. The zero-order valence-corrected chi connectivity index (χ0v) is 13.2. The van der Waals surface area contributed by atoms with Gasteiger partial charge in [-0.15, -0.1) is 0 Å². The van der Waals surface area contributed by atoms with Gasteiger partial charge in [0.15, 0.2) is 5.65 Å². The number of rotatable bonds is 0. The van der Waals surface area contributed by atoms with Crippen LogP contribution in [0.15, 0.2) is 41.0 Å². The van der Waals surface area contributed by atoms with E-state index in [9.17, 15) is 0 Å². The van der Waals surface area contributed by atoms with Crippen LogP contribution in [0.4, 0.5) is 0 Å². The lowest BCUT2D eigenvalue weighted by atomic mass is 9.91. The molecule has 110 valence electrons. The van der Waals surface area contributed by atoms with Gasteiger partial charge in [-0.3, -0.25) is 4.57 Å². The van der Waals surface area contributed by atoms with Crippen molar-refractivity contribution in [1.82, 2.24) is 14.5 Å². The summed E-state index contributed by atoms with van der Waals surface area (Å²) in [6, 6.07) is 12.0. The molecule has 2 aliphatic heterocycles. The van der Waals surface area contributed by atoms with Gasteiger partial charge in [0.2, 0.25) is 0 Å². The van der Waals surface area contributed by atoms with Crippen LogP contribution in [-0.2, 0) is 16.9 Å². The number of pyridine rings is 1. The Balaban J connectivity index is 1.86. The summed E-state index contributed by atoms with van der Waals surface area (Å²) < 4.78 is 14.8. The van der Waals surface area contributed by atoms with Crippen LogP contribution in [0.1, 0.15) is 11.4 Å². The van der Waals surface area contributed by atoms with Crippen molar-refractivity contribution in [2.24, 2.45) is 0 Å². The molecule has 0 amide bonds. The van der Waals surface area contributed by atoms with Gasteiger partial charge < -0.3 is 9.47 Å². The first kappa shape index (κ1) is 12.6. The lowest BCUT2D eigenvalue weighted by Crippen LogP contribution is -2.45. The Morgan fingerprint density at radius 3 is 2.95 bits per heavy atom. The van der Waals surface area contributed by atoms with Gasteiger partial charge in [0, 0.05) is 5.56 Å². The predicted octanol–water partition coefficient (Wildman–Crippen LogP) is 2.86. The van der Waals surface area contributed by atoms with Crippen molar-refractivity contribution >= 4 is 27.1 Å². The van der Waals surface area contributed by atoms with E-state index in [-0.39, 0.29) is 5.54 Å². The van der Waals surface area contributed by atoms with E-state index in [1.165, 1.54) is 0 Å². The predicted molar refractivity (Wildman–Crippen MR) is 83.9 cm³/mol. The first-order chi connectivity index (χ1) is 10.8. The molecule has 5 rings (SSSR count). The monoisotopic (exact) mass is 357 g/mol. The molecule has 1 atom stereocenters. The summed E-state index contributed by atoms with van der Waals surface area (Å²) in [6.07, 6.45) is 0. The number of hydrogen-bond donors (Lipinski definition) is 0. The molecule has 0 fully saturated rings. The Bertz CT molecular complexity index is 908. The first-order valence-electron chi connectivity index (χ1n) is 7.12. The van der Waals surface area contributed by atoms with Crippen molar-refractivity contribution in [3.8, 4) is 5.75 Å². The number of aromatic nitrogens is 3. The molecule has 3 aromatic rings. The minimum Gasteiger partial charge on any atom is -0.490 e. The molecule has 2 aliphatic rings. The third-order valence-electron chi connectivity index (χ3n) is 4.39. The van der Waals surface area contributed by atoms with Gasteiger partial charge in [-0.25, -0.2) is 9.97 Å². The number of hydrogen-bond acceptors (Lipinski definition) is 4. The molecule has 2 aromatic heterocycles. The maximum Gasteiger partial charge on any atom is 0.162 e. The molecule has 0 aliphatic carbocycles. The van der Waals surface area contributed by atoms with Gasteiger partial charge >= 0.3 is 0 Å². The summed E-state index contributed by atoms with van der Waals surface area (Å²) in [5.74, 6) is 1.81. The second-order valence-electron chi connectivity index (χ2n) is 5.65. The molecule has 6 heteroatoms. The highest BCUT2D eigenvalue weighted by atomic mass is 79.9. The smallest absolute Gasteiger partial charge is 0.162 e. The number of halogens is 1. The summed E-state index contributed by atoms with van der Waals surface area (Å²) >= 11 is 3.46. The third-order valence-corrected chi connectivity index (χ3v) is 4.84. The topological polar surface area (TPSA) is 49.2 Å². The number of benzene rings is 1. The molecule has 0 N–H and O–H groups in total. The van der Waals surface area contributed by atoms with Gasteiger partial charge in [0.1, 0.15) is 40.4 Å². The molecule has 0 saturated heterocycles. The quantitative estimate of drug-likeness (QED) is 0.580. The normalized spacial score (nSPS) is 22.6. The number of ether oxygens (including phenoxy) is 2. The molecule has 22 heavy (non-hydrogen) atoms. The van der Waals surface area contributed by atoms with E-state index in [0.717, 1.165) is 32.9 Å². The Hall–Kier alpha value is -1.92. The van der Waals surface area contributed by atoms with E-state index in [2.05, 4.69) is 36.5 Å². The van der Waals surface area contributed by atoms with E-state index in [4.69, 9.17) is 9.47 Å². The molecule has 5 nitrogen and oxygen atoms in total. The fourth-order valence-electron chi connectivity index (χ4n) is 3.46. The zero-order valence-electron chi connectivity index (χ0n) is 11.6. The molecule has 0 radical (unpaired) electrons. The van der Waals surface area contributed by atoms with Gasteiger partial charge in [-0.05, 0) is 34.1 Å². The van der Waals surface area contributed by atoms with Crippen LogP contribution in [0, 0.1) is 0 Å². The highest BCUT2D eigenvalue weighted by Gasteiger charge is 2.47. The van der Waals surface area contributed by atoms with E-state index in [1.54, 1.807) is 0 Å². The average Bonchev–Trinajstić information content (AvgIpc) is 3.08. The number of nitrogens with zero attached hydrogens (tertiary/aromatic N) is 3. The lowest BCUT2D eigenvalue weighted by Gasteiger charge is -2.34. The fourth-order valence-corrected chi connectivity index (χ4v) is 3.76. The van der Waals surface area contributed by atoms with Crippen molar-refractivity contribution in [1.29, 1.82) is 0 Å². The van der Waals surface area contributed by atoms with Crippen LogP contribution in [0.25, 0.3) is 11.2 Å². The zero-order chi connectivity index (χ0) is 14.7. The second-order valence-corrected chi connectivity index (χ2v) is 6.46. The largest absolute Gasteiger partial charge is 0.490 e. The minimum absolute atomic E-state index is 0.382. The third kappa shape index (κ3) is 1.51. The maximum absolute atomic E-state index is 5.93. The summed E-state index contributed by atoms with van der Waals surface area (Å²) in [7, 11) is 0. The van der Waals surface area contributed by atoms with Gasteiger partial charge in [0.25, 0.3) is 0 Å². The molecule has 0 unspecified atom stereocenters. The summed E-state index contributed by atoms with van der Waals surface area (Å²) in [4.78, 5) is 9.33. The SMILES string of the molecule is Brc1ccc2nc3n(c2n1)[C@]1(COC3)COc2ccccc21. The molecular formula is C16H12BrN3O2. The standard InChI is InChI=1S/C16H12BrN3O2/c17-13-6-5-11-15(19-13)20-14(18-11)7-21-8-16(20)9-22-12-4-2-1-3-10(12)16/h1-6H,7-9H2/t16-/m1/s1. The van der Waals surface area contributed by atoms with Gasteiger partial charge in [-0.2, -0.15) is 0 Å². The Morgan fingerprint density at radius 2 is 2.00 bits per heavy atom. The molecule has 0 saturated carbocycles. The summed E-state index contributed by atoms with van der Waals surface area (Å²) in [6.45, 7) is 1.60. The van der Waals surface area contributed by atoms with Gasteiger partial charge in [-0.1, -0.05) is 18.2 Å². The summed E-state index contributed by atoms with van der Waals surface area (Å²) in [5, 5.41) is 0. The number of para-hydroxylation sites is 1. The van der Waals surface area contributed by atoms with Crippen molar-refractivity contribution < 1.29 is 9.47 Å². The molecule has 1 aromatic carbocycles. The minimum atomic E-state index is -0.382. The molecular weight excluding hydrogens is 346 g/mol. The van der Waals surface area contributed by atoms with E-state index >= 15 is 0 Å².